The molecule has 0 fully saturated rings. The highest BCUT2D eigenvalue weighted by molar-refractivity contribution is 4.82. The maximum Gasteiger partial charge on any atom is 0.415 e. The van der Waals surface area contributed by atoms with E-state index in [-0.39, 0.29) is 6.10 Å². The van der Waals surface area contributed by atoms with E-state index in [9.17, 15) is 13.2 Å². The maximum atomic E-state index is 13.3. The molecule has 0 aliphatic rings. The normalized spacial score (nSPS) is 15.7. The molecule has 1 nitrogen and oxygen atoms in total. The molecule has 0 N–H and O–H groups in total. The van der Waals surface area contributed by atoms with Crippen LogP contribution in [0.3, 0.4) is 0 Å². The fourth-order valence-electron chi connectivity index (χ4n) is 2.84. The summed E-state index contributed by atoms with van der Waals surface area (Å²) in [4.78, 5) is 0. The van der Waals surface area contributed by atoms with Crippen LogP contribution in [0.1, 0.15) is 98.8 Å². The van der Waals surface area contributed by atoms with Crippen LogP contribution in [0.5, 0.6) is 0 Å². The molecule has 4 heteroatoms. The Morgan fingerprint density at radius 3 is 1.61 bits per heavy atom. The van der Waals surface area contributed by atoms with E-state index >= 15 is 0 Å². The van der Waals surface area contributed by atoms with Gasteiger partial charge in [-0.25, -0.2) is 0 Å². The molecule has 0 rings (SSSR count). The molecule has 23 heavy (non-hydrogen) atoms. The Balaban J connectivity index is 4.62. The predicted molar refractivity (Wildman–Crippen MR) is 91.7 cm³/mol. The topological polar surface area (TPSA) is 9.23 Å². The molecule has 0 aromatic heterocycles. The van der Waals surface area contributed by atoms with E-state index in [1.54, 1.807) is 20.8 Å². The Bertz CT molecular complexity index is 267. The molecule has 0 heterocycles. The number of hydrogen-bond donors (Lipinski definition) is 0. The van der Waals surface area contributed by atoms with Crippen molar-refractivity contribution in [2.75, 3.05) is 0 Å². The van der Waals surface area contributed by atoms with E-state index in [1.165, 1.54) is 19.3 Å². The molecule has 1 unspecified atom stereocenters. The number of ether oxygens (including phenoxy) is 1. The monoisotopic (exact) mass is 338 g/mol. The highest BCUT2D eigenvalue weighted by Gasteiger charge is 2.48. The van der Waals surface area contributed by atoms with Crippen LogP contribution >= 0.6 is 0 Å². The minimum Gasteiger partial charge on any atom is -0.365 e. The van der Waals surface area contributed by atoms with Crippen LogP contribution < -0.4 is 0 Å². The van der Waals surface area contributed by atoms with Crippen molar-refractivity contribution in [2.45, 2.75) is 117 Å². The zero-order chi connectivity index (χ0) is 17.9. The Morgan fingerprint density at radius 2 is 1.17 bits per heavy atom. The van der Waals surface area contributed by atoms with Gasteiger partial charge in [0.1, 0.15) is 0 Å². The summed E-state index contributed by atoms with van der Waals surface area (Å²) in [5, 5.41) is 0. The third-order valence-electron chi connectivity index (χ3n) is 4.17. The van der Waals surface area contributed by atoms with Gasteiger partial charge in [-0.3, -0.25) is 0 Å². The maximum absolute atomic E-state index is 13.3. The van der Waals surface area contributed by atoms with E-state index in [1.807, 2.05) is 0 Å². The summed E-state index contributed by atoms with van der Waals surface area (Å²) in [7, 11) is 0. The second-order valence-electron chi connectivity index (χ2n) is 7.74. The summed E-state index contributed by atoms with van der Waals surface area (Å²) in [6, 6.07) is 0. The van der Waals surface area contributed by atoms with Crippen LogP contribution in [0.2, 0.25) is 0 Å². The van der Waals surface area contributed by atoms with Gasteiger partial charge in [-0.1, -0.05) is 86.0 Å². The van der Waals surface area contributed by atoms with Crippen LogP contribution in [-0.4, -0.2) is 18.4 Å². The average Bonchev–Trinajstić information content (AvgIpc) is 2.41. The number of unbranched alkanes of at least 4 members (excludes halogenated alkanes) is 6. The second-order valence-corrected chi connectivity index (χ2v) is 7.74. The van der Waals surface area contributed by atoms with Crippen LogP contribution in [0, 0.1) is 5.41 Å². The molecule has 0 radical (unpaired) electrons. The molecule has 2 atom stereocenters. The van der Waals surface area contributed by atoms with Crippen molar-refractivity contribution in [1.82, 2.24) is 0 Å². The molecule has 140 valence electrons. The van der Waals surface area contributed by atoms with E-state index in [0.29, 0.717) is 0 Å². The summed E-state index contributed by atoms with van der Waals surface area (Å²) in [5.74, 6) is 0. The molecule has 0 saturated heterocycles. The van der Waals surface area contributed by atoms with E-state index in [0.717, 1.165) is 44.9 Å². The molecule has 0 amide bonds. The first-order chi connectivity index (χ1) is 10.6. The summed E-state index contributed by atoms with van der Waals surface area (Å²) < 4.78 is 45.6. The van der Waals surface area contributed by atoms with Gasteiger partial charge in [-0.15, -0.1) is 0 Å². The van der Waals surface area contributed by atoms with Crippen molar-refractivity contribution in [3.8, 4) is 0 Å². The van der Waals surface area contributed by atoms with Gasteiger partial charge >= 0.3 is 6.18 Å². The second kappa shape index (κ2) is 11.3. The van der Waals surface area contributed by atoms with Crippen molar-refractivity contribution in [2.24, 2.45) is 5.41 Å². The average molecular weight is 338 g/mol. The SMILES string of the molecule is CCCCCCCC(CCCCC)O[C@@H](C(C)(C)C)C(F)(F)F. The fraction of sp³-hybridized carbons (Fsp3) is 1.00. The standard InChI is InChI=1S/C19H37F3O/c1-6-8-10-11-13-15-16(14-12-9-7-2)23-17(18(3,4)5)19(20,21)22/h16-17H,6-15H2,1-5H3/t16?,17-/m0/s1. The smallest absolute Gasteiger partial charge is 0.365 e. The highest BCUT2D eigenvalue weighted by Crippen LogP contribution is 2.37. The van der Waals surface area contributed by atoms with Gasteiger partial charge in [-0.05, 0) is 18.3 Å². The molecule has 0 aromatic carbocycles. The zero-order valence-corrected chi connectivity index (χ0v) is 15.8. The van der Waals surface area contributed by atoms with Crippen LogP contribution in [-0.2, 0) is 4.74 Å². The number of hydrogen-bond acceptors (Lipinski definition) is 1. The minimum absolute atomic E-state index is 0.269. The lowest BCUT2D eigenvalue weighted by atomic mass is 9.88. The zero-order valence-electron chi connectivity index (χ0n) is 15.8. The molecular weight excluding hydrogens is 301 g/mol. The van der Waals surface area contributed by atoms with E-state index in [2.05, 4.69) is 13.8 Å². The third-order valence-corrected chi connectivity index (χ3v) is 4.17. The first kappa shape index (κ1) is 22.8. The van der Waals surface area contributed by atoms with E-state index in [4.69, 9.17) is 4.74 Å². The van der Waals surface area contributed by atoms with Gasteiger partial charge < -0.3 is 4.74 Å². The fourth-order valence-corrected chi connectivity index (χ4v) is 2.84. The Labute approximate surface area is 141 Å². The van der Waals surface area contributed by atoms with Crippen LogP contribution in [0.4, 0.5) is 13.2 Å². The Morgan fingerprint density at radius 1 is 0.739 bits per heavy atom. The quantitative estimate of drug-likeness (QED) is 0.339. The van der Waals surface area contributed by atoms with Crippen molar-refractivity contribution in [3.05, 3.63) is 0 Å². The van der Waals surface area contributed by atoms with Gasteiger partial charge in [0, 0.05) is 0 Å². The minimum atomic E-state index is -4.30. The lowest BCUT2D eigenvalue weighted by Crippen LogP contribution is -2.44. The first-order valence-corrected chi connectivity index (χ1v) is 9.35. The van der Waals surface area contributed by atoms with Gasteiger partial charge in [0.05, 0.1) is 6.10 Å². The van der Waals surface area contributed by atoms with Crippen LogP contribution in [0.15, 0.2) is 0 Å². The van der Waals surface area contributed by atoms with Crippen molar-refractivity contribution in [3.63, 3.8) is 0 Å². The largest absolute Gasteiger partial charge is 0.415 e. The van der Waals surface area contributed by atoms with Gasteiger partial charge in [0.2, 0.25) is 0 Å². The number of halogens is 3. The summed E-state index contributed by atoms with van der Waals surface area (Å²) in [6.07, 6.45) is 3.91. The molecule has 0 aliphatic carbocycles. The predicted octanol–water partition coefficient (Wildman–Crippen LogP) is 7.29. The lowest BCUT2D eigenvalue weighted by Gasteiger charge is -2.35. The molecule has 0 saturated carbocycles. The van der Waals surface area contributed by atoms with Gasteiger partial charge in [0.15, 0.2) is 6.10 Å². The number of alkyl halides is 3. The van der Waals surface area contributed by atoms with Gasteiger partial charge in [0.25, 0.3) is 0 Å². The molecule has 0 bridgehead atoms. The van der Waals surface area contributed by atoms with E-state index < -0.39 is 17.7 Å². The molecular formula is C19H37F3O. The van der Waals surface area contributed by atoms with Crippen molar-refractivity contribution < 1.29 is 17.9 Å². The molecule has 0 spiro atoms. The summed E-state index contributed by atoms with van der Waals surface area (Å²) in [6.45, 7) is 9.09. The highest BCUT2D eigenvalue weighted by atomic mass is 19.4. The summed E-state index contributed by atoms with van der Waals surface area (Å²) in [5.41, 5.74) is -0.927. The first-order valence-electron chi connectivity index (χ1n) is 9.35. The Hall–Kier alpha value is -0.250. The number of rotatable bonds is 12. The Kier molecular flexibility index (Phi) is 11.2. The molecule has 0 aromatic rings. The van der Waals surface area contributed by atoms with Crippen molar-refractivity contribution >= 4 is 0 Å². The third kappa shape index (κ3) is 11.0. The lowest BCUT2D eigenvalue weighted by molar-refractivity contribution is -0.262. The van der Waals surface area contributed by atoms with Gasteiger partial charge in [-0.2, -0.15) is 13.2 Å². The van der Waals surface area contributed by atoms with Crippen molar-refractivity contribution in [1.29, 1.82) is 0 Å². The van der Waals surface area contributed by atoms with Crippen LogP contribution in [0.25, 0.3) is 0 Å². The summed E-state index contributed by atoms with van der Waals surface area (Å²) >= 11 is 0. The molecule has 0 aliphatic heterocycles.